The fourth-order valence-corrected chi connectivity index (χ4v) is 6.99. The number of benzene rings is 2. The molecule has 1 unspecified atom stereocenters. The van der Waals surface area contributed by atoms with Gasteiger partial charge in [0.2, 0.25) is 5.56 Å². The van der Waals surface area contributed by atoms with Crippen LogP contribution in [0.2, 0.25) is 0 Å². The van der Waals surface area contributed by atoms with E-state index in [1.54, 1.807) is 18.2 Å². The summed E-state index contributed by atoms with van der Waals surface area (Å²) in [5.74, 6) is 2.26. The Bertz CT molecular complexity index is 1470. The van der Waals surface area contributed by atoms with Crippen LogP contribution in [0.3, 0.4) is 0 Å². The topological polar surface area (TPSA) is 98.2 Å². The third kappa shape index (κ3) is 3.78. The lowest BCUT2D eigenvalue weighted by Gasteiger charge is -2.63. The molecule has 2 atom stereocenters. The number of H-pyrrole nitrogens is 1. The Morgan fingerprint density at radius 1 is 1.03 bits per heavy atom. The number of fused-ring (bicyclic) bond motifs is 2. The minimum Gasteiger partial charge on any atom is -0.488 e. The average Bonchev–Trinajstić information content (AvgIpc) is 3.49. The van der Waals surface area contributed by atoms with Gasteiger partial charge in [-0.1, -0.05) is 27.7 Å². The normalized spacial score (nSPS) is 26.6. The quantitative estimate of drug-likeness (QED) is 0.543. The molecule has 1 aromatic heterocycles. The summed E-state index contributed by atoms with van der Waals surface area (Å²) in [6.45, 7) is 10.7. The molecular weight excluding hydrogens is 464 g/mol. The Kier molecular flexibility index (Phi) is 5.17. The summed E-state index contributed by atoms with van der Waals surface area (Å²) in [7, 11) is 0. The first-order valence-electron chi connectivity index (χ1n) is 13.0. The molecule has 2 aromatic carbocycles. The largest absolute Gasteiger partial charge is 0.488 e. The first-order chi connectivity index (χ1) is 17.6. The summed E-state index contributed by atoms with van der Waals surface area (Å²) in [6.07, 6.45) is 1.17. The van der Waals surface area contributed by atoms with Crippen molar-refractivity contribution in [1.82, 2.24) is 10.3 Å². The lowest BCUT2D eigenvalue weighted by Crippen LogP contribution is -2.74. The summed E-state index contributed by atoms with van der Waals surface area (Å²) >= 11 is 0. The standard InChI is InChI=1S/C30H32N4O3/c1-29(2)27(33-26(36)17-5-8-21(9-6-17)34-15-19-13-20(19)16-34)30(3,4)28(29)37-23-11-7-18(14-31)25-22(23)10-12-24(35)32-25/h5-12,19-20,27-28H,13,15-16H2,1-4H3,(H,32,35)(H,33,36)/t19-,20?,27?,28?/m0/s1. The van der Waals surface area contributed by atoms with E-state index in [2.05, 4.69) is 61.1 Å². The first kappa shape index (κ1) is 23.6. The van der Waals surface area contributed by atoms with E-state index >= 15 is 0 Å². The zero-order valence-electron chi connectivity index (χ0n) is 21.7. The first-order valence-corrected chi connectivity index (χ1v) is 13.0. The van der Waals surface area contributed by atoms with Crippen LogP contribution in [0.15, 0.2) is 53.3 Å². The number of piperidine rings is 1. The zero-order chi connectivity index (χ0) is 26.1. The molecular formula is C30H32N4O3. The van der Waals surface area contributed by atoms with Crippen LogP contribution in [0.1, 0.15) is 50.0 Å². The van der Waals surface area contributed by atoms with Gasteiger partial charge in [0, 0.05) is 52.7 Å². The third-order valence-electron chi connectivity index (χ3n) is 8.81. The van der Waals surface area contributed by atoms with Gasteiger partial charge in [0.05, 0.1) is 11.1 Å². The number of rotatable bonds is 5. The lowest BCUT2D eigenvalue weighted by molar-refractivity contribution is -0.163. The second kappa shape index (κ2) is 8.11. The summed E-state index contributed by atoms with van der Waals surface area (Å²) in [4.78, 5) is 30.3. The minimum absolute atomic E-state index is 0.0817. The molecule has 190 valence electrons. The number of carbonyl (C=O) groups excluding carboxylic acids is 1. The maximum atomic E-state index is 13.2. The van der Waals surface area contributed by atoms with E-state index in [9.17, 15) is 14.9 Å². The Balaban J connectivity index is 1.19. The summed E-state index contributed by atoms with van der Waals surface area (Å²) in [6, 6.07) is 16.6. The van der Waals surface area contributed by atoms with E-state index in [4.69, 9.17) is 4.74 Å². The van der Waals surface area contributed by atoms with E-state index in [0.717, 1.165) is 24.9 Å². The monoisotopic (exact) mass is 496 g/mol. The van der Waals surface area contributed by atoms with Crippen LogP contribution in [0, 0.1) is 34.0 Å². The van der Waals surface area contributed by atoms with Crippen molar-refractivity contribution in [3.05, 3.63) is 70.0 Å². The van der Waals surface area contributed by atoms with E-state index in [1.165, 1.54) is 18.2 Å². The molecule has 7 nitrogen and oxygen atoms in total. The number of hydrogen-bond donors (Lipinski definition) is 2. The van der Waals surface area contributed by atoms with Crippen LogP contribution in [-0.2, 0) is 0 Å². The number of hydrogen-bond acceptors (Lipinski definition) is 5. The highest BCUT2D eigenvalue weighted by Crippen LogP contribution is 2.56. The molecule has 3 fully saturated rings. The number of anilines is 1. The van der Waals surface area contributed by atoms with Crippen molar-refractivity contribution in [1.29, 1.82) is 5.26 Å². The van der Waals surface area contributed by atoms with E-state index in [-0.39, 0.29) is 34.4 Å². The van der Waals surface area contributed by atoms with Crippen LogP contribution < -0.4 is 20.5 Å². The van der Waals surface area contributed by atoms with Crippen LogP contribution in [0.4, 0.5) is 5.69 Å². The molecule has 3 aromatic rings. The van der Waals surface area contributed by atoms with Crippen molar-refractivity contribution < 1.29 is 9.53 Å². The van der Waals surface area contributed by atoms with Gasteiger partial charge in [-0.25, -0.2) is 0 Å². The Labute approximate surface area is 216 Å². The fourth-order valence-electron chi connectivity index (χ4n) is 6.99. The molecule has 0 spiro atoms. The van der Waals surface area contributed by atoms with Gasteiger partial charge in [0.25, 0.3) is 5.91 Å². The number of nitriles is 1. The highest BCUT2D eigenvalue weighted by atomic mass is 16.5. The number of aromatic nitrogens is 1. The maximum Gasteiger partial charge on any atom is 0.251 e. The molecule has 37 heavy (non-hydrogen) atoms. The number of ether oxygens (including phenoxy) is 1. The van der Waals surface area contributed by atoms with Gasteiger partial charge >= 0.3 is 0 Å². The van der Waals surface area contributed by atoms with Gasteiger partial charge < -0.3 is 19.9 Å². The Hall–Kier alpha value is -3.79. The molecule has 0 bridgehead atoms. The van der Waals surface area contributed by atoms with Crippen LogP contribution >= 0.6 is 0 Å². The smallest absolute Gasteiger partial charge is 0.251 e. The predicted octanol–water partition coefficient (Wildman–Crippen LogP) is 4.47. The lowest BCUT2D eigenvalue weighted by atomic mass is 9.49. The summed E-state index contributed by atoms with van der Waals surface area (Å²) in [5, 5.41) is 13.4. The SMILES string of the molecule is CC1(C)C(NC(=O)c2ccc(N3CC4C[C@H]4C3)cc2)C(C)(C)C1Oc1ccc(C#N)c2[nH]c(=O)ccc12. The van der Waals surface area contributed by atoms with Gasteiger partial charge in [-0.2, -0.15) is 5.26 Å². The molecule has 6 rings (SSSR count). The second-order valence-electron chi connectivity index (χ2n) is 12.1. The predicted molar refractivity (Wildman–Crippen MR) is 143 cm³/mol. The molecule has 3 aliphatic rings. The fraction of sp³-hybridized carbons (Fsp3) is 0.433. The minimum atomic E-state index is -0.349. The van der Waals surface area contributed by atoms with Crippen molar-refractivity contribution in [3.63, 3.8) is 0 Å². The molecule has 1 aliphatic heterocycles. The summed E-state index contributed by atoms with van der Waals surface area (Å²) < 4.78 is 6.55. The van der Waals surface area contributed by atoms with Gasteiger partial charge in [-0.05, 0) is 60.7 Å². The number of pyridine rings is 1. The molecule has 2 aliphatic carbocycles. The van der Waals surface area contributed by atoms with Gasteiger partial charge in [-0.3, -0.25) is 9.59 Å². The molecule has 2 N–H and O–H groups in total. The van der Waals surface area contributed by atoms with Crippen LogP contribution in [0.5, 0.6) is 5.75 Å². The van der Waals surface area contributed by atoms with Gasteiger partial charge in [-0.15, -0.1) is 0 Å². The van der Waals surface area contributed by atoms with Crippen molar-refractivity contribution in [3.8, 4) is 11.8 Å². The Morgan fingerprint density at radius 3 is 2.35 bits per heavy atom. The maximum absolute atomic E-state index is 13.2. The average molecular weight is 497 g/mol. The summed E-state index contributed by atoms with van der Waals surface area (Å²) in [5.41, 5.74) is 1.75. The zero-order valence-corrected chi connectivity index (χ0v) is 21.7. The van der Waals surface area contributed by atoms with E-state index in [0.29, 0.717) is 27.8 Å². The number of aromatic amines is 1. The Morgan fingerprint density at radius 2 is 1.70 bits per heavy atom. The van der Waals surface area contributed by atoms with Gasteiger partial charge in [0.15, 0.2) is 0 Å². The third-order valence-corrected chi connectivity index (χ3v) is 8.81. The molecule has 0 radical (unpaired) electrons. The highest BCUT2D eigenvalue weighted by Gasteiger charge is 2.64. The van der Waals surface area contributed by atoms with E-state index in [1.807, 2.05) is 12.1 Å². The van der Waals surface area contributed by atoms with Crippen LogP contribution in [-0.4, -0.2) is 36.1 Å². The number of amides is 1. The number of carbonyl (C=O) groups is 1. The van der Waals surface area contributed by atoms with Crippen molar-refractivity contribution in [2.45, 2.75) is 46.3 Å². The molecule has 1 amide bonds. The highest BCUT2D eigenvalue weighted by molar-refractivity contribution is 5.95. The number of nitrogens with zero attached hydrogens (tertiary/aromatic N) is 2. The second-order valence-corrected chi connectivity index (χ2v) is 12.1. The molecule has 2 heterocycles. The molecule has 1 saturated heterocycles. The van der Waals surface area contributed by atoms with Crippen LogP contribution in [0.25, 0.3) is 10.9 Å². The van der Waals surface area contributed by atoms with Crippen molar-refractivity contribution in [2.24, 2.45) is 22.7 Å². The van der Waals surface area contributed by atoms with Crippen molar-refractivity contribution in [2.75, 3.05) is 18.0 Å². The molecule has 2 saturated carbocycles. The number of nitrogens with one attached hydrogen (secondary N) is 2. The van der Waals surface area contributed by atoms with E-state index < -0.39 is 0 Å². The van der Waals surface area contributed by atoms with Crippen molar-refractivity contribution >= 4 is 22.5 Å². The van der Waals surface area contributed by atoms with Gasteiger partial charge in [0.1, 0.15) is 17.9 Å². The molecule has 7 heteroatoms.